The highest BCUT2D eigenvalue weighted by Crippen LogP contribution is 2.24. The minimum Gasteiger partial charge on any atom is -0.336 e. The van der Waals surface area contributed by atoms with E-state index in [2.05, 4.69) is 20.8 Å². The van der Waals surface area contributed by atoms with Crippen LogP contribution in [0.25, 0.3) is 0 Å². The van der Waals surface area contributed by atoms with Gasteiger partial charge in [0.1, 0.15) is 0 Å². The Morgan fingerprint density at radius 1 is 1.32 bits per heavy atom. The lowest BCUT2D eigenvalue weighted by molar-refractivity contribution is 0.0570. The minimum atomic E-state index is 0.186. The molecule has 2 saturated heterocycles. The van der Waals surface area contributed by atoms with Crippen molar-refractivity contribution >= 4 is 21.8 Å². The van der Waals surface area contributed by atoms with Crippen LogP contribution in [0.15, 0.2) is 22.7 Å². The average molecular weight is 323 g/mol. The first-order chi connectivity index (χ1) is 9.15. The van der Waals surface area contributed by atoms with Gasteiger partial charge in [-0.2, -0.15) is 0 Å². The van der Waals surface area contributed by atoms with E-state index in [9.17, 15) is 4.79 Å². The number of halogens is 1. The Labute approximate surface area is 122 Å². The minimum absolute atomic E-state index is 0.186. The molecule has 19 heavy (non-hydrogen) atoms. The van der Waals surface area contributed by atoms with Crippen molar-refractivity contribution < 1.29 is 4.79 Å². The Morgan fingerprint density at radius 2 is 2.16 bits per heavy atom. The molecule has 4 heteroatoms. The summed E-state index contributed by atoms with van der Waals surface area (Å²) in [7, 11) is 0. The van der Waals surface area contributed by atoms with Crippen molar-refractivity contribution in [1.29, 1.82) is 0 Å². The molecule has 2 heterocycles. The van der Waals surface area contributed by atoms with E-state index in [1.54, 1.807) is 0 Å². The quantitative estimate of drug-likeness (QED) is 0.793. The Bertz CT molecular complexity index is 503. The number of aryl methyl sites for hydroxylation is 1. The second kappa shape index (κ2) is 5.25. The summed E-state index contributed by atoms with van der Waals surface area (Å²) in [4.78, 5) is 17.2. The molecule has 3 nitrogen and oxygen atoms in total. The van der Waals surface area contributed by atoms with Crippen LogP contribution in [0.4, 0.5) is 0 Å². The predicted octanol–water partition coefficient (Wildman–Crippen LogP) is 2.68. The molecule has 1 aromatic carbocycles. The van der Waals surface area contributed by atoms with Gasteiger partial charge in [0.25, 0.3) is 5.91 Å². The number of fused-ring (bicyclic) bond motifs is 1. The molecule has 1 atom stereocenters. The van der Waals surface area contributed by atoms with Crippen molar-refractivity contribution in [3.05, 3.63) is 33.8 Å². The number of carbonyl (C=O) groups is 1. The standard InChI is InChI=1S/C15H19BrN2O/c1-11-4-5-12(16)9-14(11)15(19)18-8-7-17-6-2-3-13(17)10-18/h4-5,9,13H,2-3,6-8,10H2,1H3. The molecule has 2 aliphatic rings. The molecule has 102 valence electrons. The maximum atomic E-state index is 12.6. The molecular formula is C15H19BrN2O. The van der Waals surface area contributed by atoms with Crippen LogP contribution in [0.1, 0.15) is 28.8 Å². The number of hydrogen-bond donors (Lipinski definition) is 0. The van der Waals surface area contributed by atoms with E-state index in [1.165, 1.54) is 19.4 Å². The van der Waals surface area contributed by atoms with Crippen molar-refractivity contribution in [3.63, 3.8) is 0 Å². The zero-order chi connectivity index (χ0) is 13.4. The summed E-state index contributed by atoms with van der Waals surface area (Å²) in [6.45, 7) is 6.00. The highest BCUT2D eigenvalue weighted by Gasteiger charge is 2.33. The SMILES string of the molecule is Cc1ccc(Br)cc1C(=O)N1CCN2CCCC2C1. The average Bonchev–Trinajstić information content (AvgIpc) is 2.88. The van der Waals surface area contributed by atoms with Crippen LogP contribution in [-0.2, 0) is 0 Å². The Kier molecular flexibility index (Phi) is 3.63. The highest BCUT2D eigenvalue weighted by molar-refractivity contribution is 9.10. The summed E-state index contributed by atoms with van der Waals surface area (Å²) in [6.07, 6.45) is 2.52. The second-order valence-electron chi connectivity index (χ2n) is 5.54. The number of benzene rings is 1. The van der Waals surface area contributed by atoms with Gasteiger partial charge in [0.2, 0.25) is 0 Å². The summed E-state index contributed by atoms with van der Waals surface area (Å²) >= 11 is 3.45. The smallest absolute Gasteiger partial charge is 0.254 e. The number of piperazine rings is 1. The first-order valence-corrected chi connectivity index (χ1v) is 7.74. The normalized spacial score (nSPS) is 23.5. The molecule has 0 N–H and O–H groups in total. The second-order valence-corrected chi connectivity index (χ2v) is 6.46. The third-order valence-corrected chi connectivity index (χ3v) is 4.80. The summed E-state index contributed by atoms with van der Waals surface area (Å²) in [5.41, 5.74) is 1.89. The van der Waals surface area contributed by atoms with Gasteiger partial charge in [-0.15, -0.1) is 0 Å². The molecule has 0 saturated carbocycles. The number of amides is 1. The number of carbonyl (C=O) groups excluding carboxylic acids is 1. The van der Waals surface area contributed by atoms with Gasteiger partial charge in [0, 0.05) is 35.7 Å². The van der Waals surface area contributed by atoms with Crippen molar-refractivity contribution in [2.24, 2.45) is 0 Å². The van der Waals surface area contributed by atoms with E-state index in [0.717, 1.165) is 35.2 Å². The van der Waals surface area contributed by atoms with Gasteiger partial charge in [0.15, 0.2) is 0 Å². The van der Waals surface area contributed by atoms with Gasteiger partial charge in [-0.05, 0) is 44.0 Å². The topological polar surface area (TPSA) is 23.6 Å². The van der Waals surface area contributed by atoms with Crippen molar-refractivity contribution in [3.8, 4) is 0 Å². The first kappa shape index (κ1) is 13.1. The van der Waals surface area contributed by atoms with Crippen molar-refractivity contribution in [1.82, 2.24) is 9.80 Å². The molecule has 0 spiro atoms. The monoisotopic (exact) mass is 322 g/mol. The molecule has 3 rings (SSSR count). The maximum absolute atomic E-state index is 12.6. The zero-order valence-electron chi connectivity index (χ0n) is 11.2. The van der Waals surface area contributed by atoms with Crippen LogP contribution in [0, 0.1) is 6.92 Å². The third-order valence-electron chi connectivity index (χ3n) is 4.30. The van der Waals surface area contributed by atoms with Crippen LogP contribution < -0.4 is 0 Å². The maximum Gasteiger partial charge on any atom is 0.254 e. The van der Waals surface area contributed by atoms with Crippen LogP contribution in [0.3, 0.4) is 0 Å². The zero-order valence-corrected chi connectivity index (χ0v) is 12.8. The molecule has 2 fully saturated rings. The van der Waals surface area contributed by atoms with E-state index in [4.69, 9.17) is 0 Å². The molecule has 2 aliphatic heterocycles. The number of hydrogen-bond acceptors (Lipinski definition) is 2. The molecule has 0 bridgehead atoms. The van der Waals surface area contributed by atoms with Crippen LogP contribution in [0.5, 0.6) is 0 Å². The molecule has 1 amide bonds. The van der Waals surface area contributed by atoms with Gasteiger partial charge < -0.3 is 4.90 Å². The largest absolute Gasteiger partial charge is 0.336 e. The first-order valence-electron chi connectivity index (χ1n) is 6.94. The van der Waals surface area contributed by atoms with E-state index < -0.39 is 0 Å². The lowest BCUT2D eigenvalue weighted by Gasteiger charge is -2.37. The molecule has 1 unspecified atom stereocenters. The Balaban J connectivity index is 1.78. The Morgan fingerprint density at radius 3 is 3.00 bits per heavy atom. The lowest BCUT2D eigenvalue weighted by atomic mass is 10.1. The van der Waals surface area contributed by atoms with E-state index in [-0.39, 0.29) is 5.91 Å². The van der Waals surface area contributed by atoms with Gasteiger partial charge in [-0.3, -0.25) is 9.69 Å². The molecule has 1 aromatic rings. The fraction of sp³-hybridized carbons (Fsp3) is 0.533. The molecule has 0 aliphatic carbocycles. The number of rotatable bonds is 1. The van der Waals surface area contributed by atoms with Gasteiger partial charge in [-0.1, -0.05) is 22.0 Å². The summed E-state index contributed by atoms with van der Waals surface area (Å²) in [5, 5.41) is 0. The molecule has 0 aromatic heterocycles. The lowest BCUT2D eigenvalue weighted by Crippen LogP contribution is -2.52. The van der Waals surface area contributed by atoms with E-state index in [0.29, 0.717) is 6.04 Å². The van der Waals surface area contributed by atoms with Crippen molar-refractivity contribution in [2.75, 3.05) is 26.2 Å². The molecule has 0 radical (unpaired) electrons. The van der Waals surface area contributed by atoms with Gasteiger partial charge in [-0.25, -0.2) is 0 Å². The van der Waals surface area contributed by atoms with E-state index in [1.807, 2.05) is 30.0 Å². The molecular weight excluding hydrogens is 304 g/mol. The van der Waals surface area contributed by atoms with Crippen molar-refractivity contribution in [2.45, 2.75) is 25.8 Å². The summed E-state index contributed by atoms with van der Waals surface area (Å²) < 4.78 is 0.973. The fourth-order valence-corrected chi connectivity index (χ4v) is 3.53. The predicted molar refractivity (Wildman–Crippen MR) is 79.4 cm³/mol. The Hall–Kier alpha value is -0.870. The third kappa shape index (κ3) is 2.56. The van der Waals surface area contributed by atoms with Crippen LogP contribution >= 0.6 is 15.9 Å². The number of nitrogens with zero attached hydrogens (tertiary/aromatic N) is 2. The summed E-state index contributed by atoms with van der Waals surface area (Å²) in [5.74, 6) is 0.186. The van der Waals surface area contributed by atoms with Gasteiger partial charge >= 0.3 is 0 Å². The highest BCUT2D eigenvalue weighted by atomic mass is 79.9. The van der Waals surface area contributed by atoms with Crippen LogP contribution in [0.2, 0.25) is 0 Å². The fourth-order valence-electron chi connectivity index (χ4n) is 3.17. The van der Waals surface area contributed by atoms with E-state index >= 15 is 0 Å². The summed E-state index contributed by atoms with van der Waals surface area (Å²) in [6, 6.07) is 6.52. The van der Waals surface area contributed by atoms with Crippen LogP contribution in [-0.4, -0.2) is 47.9 Å². The van der Waals surface area contributed by atoms with Gasteiger partial charge in [0.05, 0.1) is 0 Å².